The van der Waals surface area contributed by atoms with Gasteiger partial charge in [-0.3, -0.25) is 14.3 Å². The number of amides is 2. The van der Waals surface area contributed by atoms with Crippen molar-refractivity contribution < 1.29 is 24.2 Å². The topological polar surface area (TPSA) is 110 Å². The SMILES string of the molecule is C[C@H]1C[C@H](Oc2ncccc2Cl)CCN1C(=O)Cn1nc(C(=O)N2CCC(OCCO)CC2)c2c1CCC2. The summed E-state index contributed by atoms with van der Waals surface area (Å²) in [6, 6.07) is 3.52. The van der Waals surface area contributed by atoms with E-state index >= 15 is 0 Å². The lowest BCUT2D eigenvalue weighted by molar-refractivity contribution is -0.136. The molecule has 2 aromatic heterocycles. The highest BCUT2D eigenvalue weighted by atomic mass is 35.5. The van der Waals surface area contributed by atoms with Crippen molar-refractivity contribution in [3.63, 3.8) is 0 Å². The molecule has 0 aromatic carbocycles. The van der Waals surface area contributed by atoms with Crippen LogP contribution in [-0.2, 0) is 28.9 Å². The first-order valence-electron chi connectivity index (χ1n) is 13.6. The van der Waals surface area contributed by atoms with E-state index in [9.17, 15) is 9.59 Å². The predicted molar refractivity (Wildman–Crippen MR) is 140 cm³/mol. The van der Waals surface area contributed by atoms with E-state index in [2.05, 4.69) is 10.1 Å². The highest BCUT2D eigenvalue weighted by Crippen LogP contribution is 2.29. The number of carbonyl (C=O) groups excluding carboxylic acids is 2. The molecule has 0 spiro atoms. The molecule has 2 amide bonds. The molecule has 2 aliphatic heterocycles. The van der Waals surface area contributed by atoms with E-state index in [4.69, 9.17) is 26.2 Å². The van der Waals surface area contributed by atoms with Crippen LogP contribution in [0, 0.1) is 0 Å². The number of halogens is 1. The Hall–Kier alpha value is -2.69. The van der Waals surface area contributed by atoms with E-state index in [1.165, 1.54) is 0 Å². The number of hydrogen-bond donors (Lipinski definition) is 1. The zero-order valence-corrected chi connectivity index (χ0v) is 22.6. The first-order valence-corrected chi connectivity index (χ1v) is 14.0. The predicted octanol–water partition coefficient (Wildman–Crippen LogP) is 2.49. The third-order valence-corrected chi connectivity index (χ3v) is 8.11. The second-order valence-electron chi connectivity index (χ2n) is 10.4. The first-order chi connectivity index (χ1) is 18.4. The van der Waals surface area contributed by atoms with Gasteiger partial charge in [0.2, 0.25) is 11.8 Å². The number of likely N-dealkylation sites (tertiary alicyclic amines) is 2. The highest BCUT2D eigenvalue weighted by Gasteiger charge is 2.34. The summed E-state index contributed by atoms with van der Waals surface area (Å²) < 4.78 is 13.4. The van der Waals surface area contributed by atoms with E-state index in [-0.39, 0.29) is 43.2 Å². The van der Waals surface area contributed by atoms with Crippen molar-refractivity contribution in [1.82, 2.24) is 24.6 Å². The third kappa shape index (κ3) is 5.82. The van der Waals surface area contributed by atoms with Crippen LogP contribution in [0.4, 0.5) is 0 Å². The van der Waals surface area contributed by atoms with Crippen molar-refractivity contribution in [2.75, 3.05) is 32.8 Å². The molecule has 2 atom stereocenters. The highest BCUT2D eigenvalue weighted by molar-refractivity contribution is 6.31. The van der Waals surface area contributed by atoms with Crippen LogP contribution in [0.5, 0.6) is 5.88 Å². The number of aliphatic hydroxyl groups excluding tert-OH is 1. The van der Waals surface area contributed by atoms with E-state index in [1.54, 1.807) is 23.0 Å². The van der Waals surface area contributed by atoms with Crippen LogP contribution in [0.25, 0.3) is 0 Å². The molecule has 206 valence electrons. The maximum Gasteiger partial charge on any atom is 0.274 e. The molecule has 2 saturated heterocycles. The van der Waals surface area contributed by atoms with Gasteiger partial charge >= 0.3 is 0 Å². The fourth-order valence-corrected chi connectivity index (χ4v) is 6.01. The summed E-state index contributed by atoms with van der Waals surface area (Å²) in [5, 5.41) is 14.1. The number of ether oxygens (including phenoxy) is 2. The van der Waals surface area contributed by atoms with Crippen molar-refractivity contribution in [3.05, 3.63) is 40.3 Å². The van der Waals surface area contributed by atoms with Gasteiger partial charge in [-0.2, -0.15) is 5.10 Å². The Kier molecular flexibility index (Phi) is 8.50. The van der Waals surface area contributed by atoms with E-state index in [1.807, 2.05) is 16.7 Å². The standard InChI is InChI=1S/C27H36ClN5O5/c1-18-16-20(38-26-22(28)5-3-10-29-26)9-13-32(18)24(35)17-33-23-6-2-4-21(23)25(30-33)27(36)31-11-7-19(8-12-31)37-15-14-34/h3,5,10,18-20,34H,2,4,6-9,11-17H2,1H3/t18-,20+/m0/s1. The molecule has 11 heteroatoms. The maximum absolute atomic E-state index is 13.4. The zero-order chi connectivity index (χ0) is 26.6. The van der Waals surface area contributed by atoms with Crippen molar-refractivity contribution >= 4 is 23.4 Å². The molecule has 1 N–H and O–H groups in total. The quantitative estimate of drug-likeness (QED) is 0.542. The average Bonchev–Trinajstić information content (AvgIpc) is 3.53. The fourth-order valence-electron chi connectivity index (χ4n) is 5.85. The molecule has 2 aromatic rings. The number of carbonyl (C=O) groups is 2. The van der Waals surface area contributed by atoms with E-state index in [0.717, 1.165) is 43.4 Å². The second kappa shape index (κ2) is 12.0. The molecule has 3 aliphatic rings. The Bertz CT molecular complexity index is 1150. The molecule has 0 radical (unpaired) electrons. The van der Waals surface area contributed by atoms with Crippen LogP contribution in [-0.4, -0.2) is 92.6 Å². The largest absolute Gasteiger partial charge is 0.473 e. The summed E-state index contributed by atoms with van der Waals surface area (Å²) in [6.07, 6.45) is 7.16. The zero-order valence-electron chi connectivity index (χ0n) is 21.9. The van der Waals surface area contributed by atoms with E-state index in [0.29, 0.717) is 55.7 Å². The molecule has 0 saturated carbocycles. The lowest BCUT2D eigenvalue weighted by atomic mass is 10.0. The van der Waals surface area contributed by atoms with Crippen LogP contribution in [0.2, 0.25) is 5.02 Å². The lowest BCUT2D eigenvalue weighted by Gasteiger charge is -2.37. The van der Waals surface area contributed by atoms with Gasteiger partial charge in [0, 0.05) is 56.0 Å². The molecule has 4 heterocycles. The number of pyridine rings is 1. The van der Waals surface area contributed by atoms with Crippen molar-refractivity contribution in [3.8, 4) is 5.88 Å². The van der Waals surface area contributed by atoms with Gasteiger partial charge in [0.05, 0.1) is 19.3 Å². The minimum Gasteiger partial charge on any atom is -0.473 e. The molecule has 10 nitrogen and oxygen atoms in total. The van der Waals surface area contributed by atoms with Gasteiger partial charge in [0.15, 0.2) is 5.69 Å². The number of aromatic nitrogens is 3. The summed E-state index contributed by atoms with van der Waals surface area (Å²) in [5.41, 5.74) is 2.50. The van der Waals surface area contributed by atoms with Gasteiger partial charge < -0.3 is 24.4 Å². The summed E-state index contributed by atoms with van der Waals surface area (Å²) in [7, 11) is 0. The molecular weight excluding hydrogens is 510 g/mol. The molecule has 5 rings (SSSR count). The van der Waals surface area contributed by atoms with E-state index < -0.39 is 0 Å². The molecular formula is C27H36ClN5O5. The van der Waals surface area contributed by atoms with Crippen LogP contribution in [0.15, 0.2) is 18.3 Å². The molecule has 1 aliphatic carbocycles. The number of fused-ring (bicyclic) bond motifs is 1. The van der Waals surface area contributed by atoms with Crippen LogP contribution >= 0.6 is 11.6 Å². The summed E-state index contributed by atoms with van der Waals surface area (Å²) in [5.74, 6) is 0.372. The van der Waals surface area contributed by atoms with Gasteiger partial charge in [0.25, 0.3) is 5.91 Å². The third-order valence-electron chi connectivity index (χ3n) is 7.82. The Labute approximate surface area is 227 Å². The summed E-state index contributed by atoms with van der Waals surface area (Å²) in [4.78, 5) is 34.7. The van der Waals surface area contributed by atoms with Gasteiger partial charge in [-0.25, -0.2) is 4.98 Å². The Morgan fingerprint density at radius 3 is 2.68 bits per heavy atom. The van der Waals surface area contributed by atoms with Crippen molar-refractivity contribution in [1.29, 1.82) is 0 Å². The normalized spacial score (nSPS) is 22.0. The number of hydrogen-bond acceptors (Lipinski definition) is 7. The number of piperidine rings is 2. The first kappa shape index (κ1) is 26.9. The van der Waals surface area contributed by atoms with Gasteiger partial charge in [-0.05, 0) is 51.2 Å². The van der Waals surface area contributed by atoms with Gasteiger partial charge in [0.1, 0.15) is 17.7 Å². The molecule has 0 bridgehead atoms. The van der Waals surface area contributed by atoms with Crippen molar-refractivity contribution in [2.24, 2.45) is 0 Å². The smallest absolute Gasteiger partial charge is 0.274 e. The average molecular weight is 546 g/mol. The second-order valence-corrected chi connectivity index (χ2v) is 10.8. The Balaban J connectivity index is 1.20. The monoisotopic (exact) mass is 545 g/mol. The number of rotatable bonds is 8. The van der Waals surface area contributed by atoms with Crippen molar-refractivity contribution in [2.45, 2.75) is 76.7 Å². The van der Waals surface area contributed by atoms with Gasteiger partial charge in [-0.15, -0.1) is 0 Å². The fraction of sp³-hybridized carbons (Fsp3) is 0.630. The lowest BCUT2D eigenvalue weighted by Crippen LogP contribution is -2.48. The molecule has 38 heavy (non-hydrogen) atoms. The van der Waals surface area contributed by atoms with Crippen LogP contribution < -0.4 is 4.74 Å². The minimum absolute atomic E-state index is 0.00259. The van der Waals surface area contributed by atoms with Crippen LogP contribution in [0.3, 0.4) is 0 Å². The summed E-state index contributed by atoms with van der Waals surface area (Å²) in [6.45, 7) is 4.29. The van der Waals surface area contributed by atoms with Crippen LogP contribution in [0.1, 0.15) is 60.8 Å². The Morgan fingerprint density at radius 1 is 1.16 bits per heavy atom. The van der Waals surface area contributed by atoms with Gasteiger partial charge in [-0.1, -0.05) is 11.6 Å². The number of nitrogens with zero attached hydrogens (tertiary/aromatic N) is 5. The number of aliphatic hydroxyl groups is 1. The minimum atomic E-state index is -0.0607. The molecule has 2 fully saturated rings. The molecule has 0 unspecified atom stereocenters. The summed E-state index contributed by atoms with van der Waals surface area (Å²) >= 11 is 6.19. The maximum atomic E-state index is 13.4. The Morgan fingerprint density at radius 2 is 1.95 bits per heavy atom.